The van der Waals surface area contributed by atoms with Crippen LogP contribution in [0, 0.1) is 0 Å². The molecule has 13 heteroatoms. The van der Waals surface area contributed by atoms with Gasteiger partial charge in [0.1, 0.15) is 23.9 Å². The second-order valence-corrected chi connectivity index (χ2v) is 6.90. The summed E-state index contributed by atoms with van der Waals surface area (Å²) >= 11 is 0. The van der Waals surface area contributed by atoms with Crippen LogP contribution in [0.25, 0.3) is 0 Å². The molecule has 5 atom stereocenters. The molecule has 13 nitrogen and oxygen atoms in total. The van der Waals surface area contributed by atoms with Crippen molar-refractivity contribution in [2.45, 2.75) is 56.6 Å². The molecule has 0 aromatic heterocycles. The summed E-state index contributed by atoms with van der Waals surface area (Å²) in [5, 5.41) is 74.6. The van der Waals surface area contributed by atoms with Gasteiger partial charge in [-0.05, 0) is 13.8 Å². The highest BCUT2D eigenvalue weighted by atomic mass is 16.7. The summed E-state index contributed by atoms with van der Waals surface area (Å²) in [6.07, 6.45) is -7.04. The Labute approximate surface area is 174 Å². The lowest BCUT2D eigenvalue weighted by Crippen LogP contribution is -2.43. The van der Waals surface area contributed by atoms with Crippen molar-refractivity contribution in [1.82, 2.24) is 0 Å². The Morgan fingerprint density at radius 1 is 0.600 bits per heavy atom. The number of ether oxygens (including phenoxy) is 5. The van der Waals surface area contributed by atoms with Gasteiger partial charge in [0.25, 0.3) is 0 Å². The molecule has 0 radical (unpaired) electrons. The molecule has 0 saturated carbocycles. The Morgan fingerprint density at radius 3 is 1.30 bits per heavy atom. The Kier molecular flexibility index (Phi) is 15.9. The molecule has 8 N–H and O–H groups in total. The first-order valence-electron chi connectivity index (χ1n) is 9.40. The molecule has 0 aromatic carbocycles. The van der Waals surface area contributed by atoms with Gasteiger partial charge in [-0.25, -0.2) is 0 Å². The molecule has 0 aliphatic carbocycles. The summed E-state index contributed by atoms with van der Waals surface area (Å²) in [4.78, 5) is 0. The third-order valence-electron chi connectivity index (χ3n) is 3.66. The minimum atomic E-state index is -1.59. The Morgan fingerprint density at radius 2 is 0.967 bits per heavy atom. The van der Waals surface area contributed by atoms with Crippen molar-refractivity contribution in [3.8, 4) is 0 Å². The largest absolute Gasteiger partial charge is 0.394 e. The molecule has 0 aliphatic rings. The molecule has 0 heterocycles. The number of aliphatic hydroxyl groups excluding tert-OH is 7. The van der Waals surface area contributed by atoms with Crippen LogP contribution in [0.5, 0.6) is 0 Å². The lowest BCUT2D eigenvalue weighted by atomic mass is 10.1. The predicted octanol–water partition coefficient (Wildman–Crippen LogP) is -4.13. The van der Waals surface area contributed by atoms with E-state index in [1.807, 2.05) is 0 Å². The van der Waals surface area contributed by atoms with Crippen LogP contribution >= 0.6 is 0 Å². The van der Waals surface area contributed by atoms with Crippen LogP contribution in [0.3, 0.4) is 0 Å². The van der Waals surface area contributed by atoms with Crippen molar-refractivity contribution in [1.29, 1.82) is 0 Å². The Balaban J connectivity index is 4.57. The zero-order valence-corrected chi connectivity index (χ0v) is 17.2. The van der Waals surface area contributed by atoms with E-state index in [0.29, 0.717) is 0 Å². The highest BCUT2D eigenvalue weighted by Crippen LogP contribution is 2.13. The average molecular weight is 448 g/mol. The van der Waals surface area contributed by atoms with E-state index in [1.165, 1.54) is 13.8 Å². The third-order valence-corrected chi connectivity index (χ3v) is 3.66. The molecule has 0 saturated heterocycles. The maximum Gasteiger partial charge on any atom is 0.183 e. The van der Waals surface area contributed by atoms with Gasteiger partial charge in [-0.1, -0.05) is 0 Å². The third kappa shape index (κ3) is 12.4. The second-order valence-electron chi connectivity index (χ2n) is 6.90. The second kappa shape index (κ2) is 16.2. The Hall–Kier alpha value is -0.520. The van der Waals surface area contributed by atoms with Gasteiger partial charge in [-0.15, -0.1) is 0 Å². The van der Waals surface area contributed by atoms with E-state index in [1.54, 1.807) is 0 Å². The topological polar surface area (TPSA) is 208 Å². The normalized spacial score (nSPS) is 17.7. The first kappa shape index (κ1) is 29.5. The van der Waals surface area contributed by atoms with Crippen LogP contribution in [-0.4, -0.2) is 136 Å². The van der Waals surface area contributed by atoms with Gasteiger partial charge in [-0.2, -0.15) is 0 Å². The minimum Gasteiger partial charge on any atom is -0.394 e. The summed E-state index contributed by atoms with van der Waals surface area (Å²) < 4.78 is 26.0. The fourth-order valence-electron chi connectivity index (χ4n) is 1.89. The summed E-state index contributed by atoms with van der Waals surface area (Å²) in [7, 11) is 0. The Bertz CT molecular complexity index is 402. The molecule has 0 rings (SSSR count). The lowest BCUT2D eigenvalue weighted by Gasteiger charge is -2.29. The van der Waals surface area contributed by atoms with Crippen LogP contribution in [0.15, 0.2) is 0 Å². The summed E-state index contributed by atoms with van der Waals surface area (Å²) in [5.41, 5.74) is -1.57. The number of aliphatic hydroxyl groups is 8. The average Bonchev–Trinajstić information content (AvgIpc) is 2.73. The van der Waals surface area contributed by atoms with Gasteiger partial charge < -0.3 is 64.5 Å². The molecule has 0 fully saturated rings. The van der Waals surface area contributed by atoms with Gasteiger partial charge in [0.15, 0.2) is 18.9 Å². The van der Waals surface area contributed by atoms with Crippen molar-refractivity contribution in [2.75, 3.05) is 52.9 Å². The monoisotopic (exact) mass is 448 g/mol. The number of hydrogen-bond donors (Lipinski definition) is 8. The van der Waals surface area contributed by atoms with Crippen molar-refractivity contribution < 1.29 is 64.5 Å². The molecule has 2 unspecified atom stereocenters. The molecule has 0 amide bonds. The first-order chi connectivity index (χ1) is 14.1. The van der Waals surface area contributed by atoms with Gasteiger partial charge in [0.05, 0.1) is 52.9 Å². The van der Waals surface area contributed by atoms with Crippen molar-refractivity contribution >= 4 is 0 Å². The van der Waals surface area contributed by atoms with Gasteiger partial charge in [0.2, 0.25) is 0 Å². The molecule has 182 valence electrons. The zero-order valence-electron chi connectivity index (χ0n) is 17.2. The molecule has 0 aromatic rings. The molecule has 0 aliphatic heterocycles. The van der Waals surface area contributed by atoms with Crippen LogP contribution in [0.1, 0.15) is 13.8 Å². The smallest absolute Gasteiger partial charge is 0.183 e. The zero-order chi connectivity index (χ0) is 23.2. The van der Waals surface area contributed by atoms with E-state index in [9.17, 15) is 30.6 Å². The first-order valence-corrected chi connectivity index (χ1v) is 9.40. The van der Waals surface area contributed by atoms with Crippen molar-refractivity contribution in [2.24, 2.45) is 0 Å². The number of hydrogen-bond acceptors (Lipinski definition) is 13. The van der Waals surface area contributed by atoms with Crippen LogP contribution in [0.4, 0.5) is 0 Å². The standard InChI is InChI=1S/C17H36O13/c1-17(2,25)16(24)30-13(6-21)10-27-15(8-23)29-12(5-20)9-26-14(7-22)28-11(3-18)4-19/h11-16,18-25H,3-10H2,1-2H3/t12?,13?,14-,15-,16-/m0/s1. The van der Waals surface area contributed by atoms with E-state index in [4.69, 9.17) is 33.9 Å². The van der Waals surface area contributed by atoms with E-state index in [0.717, 1.165) is 0 Å². The van der Waals surface area contributed by atoms with E-state index >= 15 is 0 Å². The van der Waals surface area contributed by atoms with Gasteiger partial charge in [0, 0.05) is 0 Å². The fourth-order valence-corrected chi connectivity index (χ4v) is 1.89. The molecule has 0 spiro atoms. The fraction of sp³-hybridized carbons (Fsp3) is 1.00. The highest BCUT2D eigenvalue weighted by Gasteiger charge is 2.29. The van der Waals surface area contributed by atoms with E-state index in [2.05, 4.69) is 0 Å². The molecule has 30 heavy (non-hydrogen) atoms. The van der Waals surface area contributed by atoms with E-state index < -0.39 is 82.4 Å². The maximum atomic E-state index is 9.70. The van der Waals surface area contributed by atoms with Crippen molar-refractivity contribution in [3.63, 3.8) is 0 Å². The SMILES string of the molecule is CC(C)(O)[C@@H](O)OC(CO)CO[C@H](CO)OC(CO)CO[C@H](CO)OC(CO)CO. The quantitative estimate of drug-likeness (QED) is 0.0884. The van der Waals surface area contributed by atoms with Gasteiger partial charge >= 0.3 is 0 Å². The van der Waals surface area contributed by atoms with Crippen molar-refractivity contribution in [3.05, 3.63) is 0 Å². The summed E-state index contributed by atoms with van der Waals surface area (Å²) in [5.74, 6) is 0. The molecular weight excluding hydrogens is 412 g/mol. The highest BCUT2D eigenvalue weighted by molar-refractivity contribution is 4.70. The lowest BCUT2D eigenvalue weighted by molar-refractivity contribution is -0.262. The van der Waals surface area contributed by atoms with Gasteiger partial charge in [-0.3, -0.25) is 0 Å². The predicted molar refractivity (Wildman–Crippen MR) is 98.9 cm³/mol. The summed E-state index contributed by atoms with van der Waals surface area (Å²) in [6.45, 7) is -1.28. The summed E-state index contributed by atoms with van der Waals surface area (Å²) in [6, 6.07) is 0. The van der Waals surface area contributed by atoms with Crippen LogP contribution in [-0.2, 0) is 23.7 Å². The van der Waals surface area contributed by atoms with Crippen LogP contribution in [0.2, 0.25) is 0 Å². The molecular formula is C17H36O13. The maximum absolute atomic E-state index is 9.70. The van der Waals surface area contributed by atoms with E-state index in [-0.39, 0.29) is 13.2 Å². The van der Waals surface area contributed by atoms with Crippen LogP contribution < -0.4 is 0 Å². The molecule has 0 bridgehead atoms. The minimum absolute atomic E-state index is 0.289. The number of rotatable bonds is 19.